The van der Waals surface area contributed by atoms with Gasteiger partial charge in [0, 0.05) is 22.8 Å². The topological polar surface area (TPSA) is 75.5 Å². The summed E-state index contributed by atoms with van der Waals surface area (Å²) in [6.45, 7) is 1.60. The van der Waals surface area contributed by atoms with E-state index < -0.39 is 0 Å². The lowest BCUT2D eigenvalue weighted by atomic mass is 10.1. The van der Waals surface area contributed by atoms with Gasteiger partial charge in [0.25, 0.3) is 0 Å². The largest absolute Gasteiger partial charge is 0.454 e. The predicted molar refractivity (Wildman–Crippen MR) is 117 cm³/mol. The number of halogens is 1. The molecule has 0 amide bonds. The molecule has 2 aliphatic rings. The Morgan fingerprint density at radius 3 is 2.77 bits per heavy atom. The van der Waals surface area contributed by atoms with E-state index in [1.165, 1.54) is 11.8 Å². The van der Waals surface area contributed by atoms with E-state index in [4.69, 9.17) is 25.8 Å². The number of benzene rings is 2. The number of rotatable bonds is 7. The average molecular weight is 458 g/mol. The van der Waals surface area contributed by atoms with Crippen molar-refractivity contribution in [1.82, 2.24) is 14.8 Å². The van der Waals surface area contributed by atoms with Gasteiger partial charge < -0.3 is 14.2 Å². The van der Waals surface area contributed by atoms with Crippen LogP contribution >= 0.6 is 23.4 Å². The number of hydrogen-bond acceptors (Lipinski definition) is 7. The fourth-order valence-corrected chi connectivity index (χ4v) is 4.62. The first-order chi connectivity index (χ1) is 15.2. The van der Waals surface area contributed by atoms with Crippen LogP contribution in [0.5, 0.6) is 11.5 Å². The maximum atomic E-state index is 12.8. The van der Waals surface area contributed by atoms with E-state index in [2.05, 4.69) is 10.2 Å². The molecule has 0 bridgehead atoms. The van der Waals surface area contributed by atoms with Gasteiger partial charge in [0.05, 0.1) is 18.4 Å². The third kappa shape index (κ3) is 4.42. The summed E-state index contributed by atoms with van der Waals surface area (Å²) in [4.78, 5) is 12.8. The molecule has 0 aliphatic carbocycles. The molecule has 7 nitrogen and oxygen atoms in total. The molecule has 160 valence electrons. The summed E-state index contributed by atoms with van der Waals surface area (Å²) < 4.78 is 18.6. The van der Waals surface area contributed by atoms with Crippen molar-refractivity contribution in [1.29, 1.82) is 0 Å². The predicted octanol–water partition coefficient (Wildman–Crippen LogP) is 4.48. The van der Waals surface area contributed by atoms with Gasteiger partial charge in [-0.05, 0) is 55.3 Å². The van der Waals surface area contributed by atoms with Crippen molar-refractivity contribution in [2.45, 2.75) is 30.6 Å². The quantitative estimate of drug-likeness (QED) is 0.382. The minimum Gasteiger partial charge on any atom is -0.454 e. The fraction of sp³-hybridized carbons (Fsp3) is 0.318. The molecule has 2 aromatic carbocycles. The van der Waals surface area contributed by atoms with Gasteiger partial charge in [-0.25, -0.2) is 0 Å². The van der Waals surface area contributed by atoms with Crippen molar-refractivity contribution in [2.75, 3.05) is 19.2 Å². The van der Waals surface area contributed by atoms with Gasteiger partial charge in [-0.3, -0.25) is 9.36 Å². The van der Waals surface area contributed by atoms with E-state index in [9.17, 15) is 4.79 Å². The third-order valence-electron chi connectivity index (χ3n) is 5.26. The molecular weight excluding hydrogens is 438 g/mol. The molecule has 0 unspecified atom stereocenters. The Kier molecular flexibility index (Phi) is 5.85. The smallest absolute Gasteiger partial charge is 0.231 e. The Bertz CT molecular complexity index is 1100. The molecule has 0 radical (unpaired) electrons. The first kappa shape index (κ1) is 20.4. The molecular formula is C22H20ClN3O4S. The normalized spacial score (nSPS) is 17.3. The van der Waals surface area contributed by atoms with Crippen LogP contribution in [0.15, 0.2) is 47.6 Å². The first-order valence-electron chi connectivity index (χ1n) is 10.0. The van der Waals surface area contributed by atoms with Gasteiger partial charge in [0.1, 0.15) is 0 Å². The second-order valence-electron chi connectivity index (χ2n) is 7.34. The first-order valence-corrected chi connectivity index (χ1v) is 11.4. The van der Waals surface area contributed by atoms with Crippen molar-refractivity contribution < 1.29 is 19.0 Å². The molecule has 0 spiro atoms. The Morgan fingerprint density at radius 1 is 1.13 bits per heavy atom. The number of nitrogens with zero attached hydrogens (tertiary/aromatic N) is 3. The van der Waals surface area contributed by atoms with Crippen LogP contribution in [0.1, 0.15) is 23.2 Å². The molecule has 1 fully saturated rings. The molecule has 5 rings (SSSR count). The average Bonchev–Trinajstić information content (AvgIpc) is 3.54. The maximum absolute atomic E-state index is 12.8. The second kappa shape index (κ2) is 8.90. The molecule has 1 saturated heterocycles. The maximum Gasteiger partial charge on any atom is 0.231 e. The Labute approximate surface area is 188 Å². The van der Waals surface area contributed by atoms with E-state index in [1.807, 2.05) is 28.8 Å². The Morgan fingerprint density at radius 2 is 1.97 bits per heavy atom. The van der Waals surface area contributed by atoms with Gasteiger partial charge in [-0.15, -0.1) is 10.2 Å². The van der Waals surface area contributed by atoms with Gasteiger partial charge in [-0.2, -0.15) is 0 Å². The number of carbonyl (C=O) groups excluding carboxylic acids is 1. The van der Waals surface area contributed by atoms with E-state index in [1.54, 1.807) is 18.2 Å². The molecule has 2 aliphatic heterocycles. The summed E-state index contributed by atoms with van der Waals surface area (Å²) in [5.74, 6) is 2.23. The summed E-state index contributed by atoms with van der Waals surface area (Å²) in [7, 11) is 0. The van der Waals surface area contributed by atoms with Crippen LogP contribution < -0.4 is 9.47 Å². The summed E-state index contributed by atoms with van der Waals surface area (Å²) in [5, 5.41) is 10.1. The molecule has 0 saturated carbocycles. The summed E-state index contributed by atoms with van der Waals surface area (Å²) in [5.41, 5.74) is 1.50. The summed E-state index contributed by atoms with van der Waals surface area (Å²) >= 11 is 7.41. The number of Topliss-reactive ketones (excluding diaryl/α,β-unsaturated/α-hetero) is 1. The van der Waals surface area contributed by atoms with E-state index >= 15 is 0 Å². The number of aromatic nitrogens is 3. The van der Waals surface area contributed by atoms with Crippen LogP contribution in [0.2, 0.25) is 5.02 Å². The van der Waals surface area contributed by atoms with Crippen LogP contribution in [0, 0.1) is 0 Å². The number of thioether (sulfide) groups is 1. The van der Waals surface area contributed by atoms with Crippen LogP contribution in [0.3, 0.4) is 0 Å². The van der Waals surface area contributed by atoms with Gasteiger partial charge in [0.2, 0.25) is 6.79 Å². The highest BCUT2D eigenvalue weighted by atomic mass is 35.5. The highest BCUT2D eigenvalue weighted by molar-refractivity contribution is 7.99. The van der Waals surface area contributed by atoms with Crippen LogP contribution in [-0.4, -0.2) is 45.8 Å². The number of ether oxygens (including phenoxy) is 3. The van der Waals surface area contributed by atoms with Gasteiger partial charge in [0.15, 0.2) is 28.3 Å². The highest BCUT2D eigenvalue weighted by Gasteiger charge is 2.23. The van der Waals surface area contributed by atoms with Crippen LogP contribution in [0.25, 0.3) is 11.4 Å². The second-order valence-corrected chi connectivity index (χ2v) is 8.72. The highest BCUT2D eigenvalue weighted by Crippen LogP contribution is 2.33. The standard InChI is InChI=1S/C22H20ClN3O4S/c23-16-6-3-14(4-7-16)21-24-25-22(26(21)11-17-2-1-9-28-17)31-12-18(27)15-5-8-19-20(10-15)30-13-29-19/h3-8,10,17H,1-2,9,11-13H2/t17-/m1/s1. The minimum absolute atomic E-state index is 0.0111. The third-order valence-corrected chi connectivity index (χ3v) is 6.48. The van der Waals surface area contributed by atoms with Crippen molar-refractivity contribution in [3.05, 3.63) is 53.1 Å². The SMILES string of the molecule is O=C(CSc1nnc(-c2ccc(Cl)cc2)n1C[C@H]1CCCO1)c1ccc2c(c1)OCO2. The molecule has 3 aromatic rings. The van der Waals surface area contributed by atoms with Crippen LogP contribution in [0.4, 0.5) is 0 Å². The van der Waals surface area contributed by atoms with E-state index in [0.717, 1.165) is 30.8 Å². The summed E-state index contributed by atoms with van der Waals surface area (Å²) in [6.07, 6.45) is 2.16. The monoisotopic (exact) mass is 457 g/mol. The number of carbonyl (C=O) groups is 1. The van der Waals surface area contributed by atoms with Crippen molar-refractivity contribution >= 4 is 29.1 Å². The molecule has 31 heavy (non-hydrogen) atoms. The minimum atomic E-state index is -0.0111. The van der Waals surface area contributed by atoms with Gasteiger partial charge in [-0.1, -0.05) is 23.4 Å². The number of hydrogen-bond donors (Lipinski definition) is 0. The molecule has 0 N–H and O–H groups in total. The Hall–Kier alpha value is -2.55. The Balaban J connectivity index is 1.36. The van der Waals surface area contributed by atoms with Crippen LogP contribution in [-0.2, 0) is 11.3 Å². The molecule has 1 aromatic heterocycles. The van der Waals surface area contributed by atoms with E-state index in [0.29, 0.717) is 33.8 Å². The lowest BCUT2D eigenvalue weighted by Crippen LogP contribution is -2.17. The number of fused-ring (bicyclic) bond motifs is 1. The number of ketones is 1. The zero-order chi connectivity index (χ0) is 21.2. The zero-order valence-corrected chi connectivity index (χ0v) is 18.2. The van der Waals surface area contributed by atoms with E-state index in [-0.39, 0.29) is 24.4 Å². The fourth-order valence-electron chi connectivity index (χ4n) is 3.65. The summed E-state index contributed by atoms with van der Waals surface area (Å²) in [6, 6.07) is 12.7. The van der Waals surface area contributed by atoms with Crippen molar-refractivity contribution in [3.63, 3.8) is 0 Å². The zero-order valence-electron chi connectivity index (χ0n) is 16.6. The van der Waals surface area contributed by atoms with Crippen molar-refractivity contribution in [3.8, 4) is 22.9 Å². The van der Waals surface area contributed by atoms with Crippen molar-refractivity contribution in [2.24, 2.45) is 0 Å². The molecule has 9 heteroatoms. The lowest BCUT2D eigenvalue weighted by molar-refractivity contribution is 0.0953. The van der Waals surface area contributed by atoms with Gasteiger partial charge >= 0.3 is 0 Å². The molecule has 3 heterocycles. The lowest BCUT2D eigenvalue weighted by Gasteiger charge is -2.14. The molecule has 1 atom stereocenters.